The Balaban J connectivity index is 1.68. The molecule has 4 rings (SSSR count). The smallest absolute Gasteiger partial charge is 0.325 e. The maximum absolute atomic E-state index is 12.9. The Morgan fingerprint density at radius 2 is 1.55 bits per heavy atom. The fraction of sp³-hybridized carbons (Fsp3) is 0.120. The number of nitrogens with zero attached hydrogens (tertiary/aromatic N) is 2. The summed E-state index contributed by atoms with van der Waals surface area (Å²) in [4.78, 5) is 42.0. The molecular weight excluding hydrogens is 440 g/mol. The molecule has 0 aliphatic carbocycles. The highest BCUT2D eigenvalue weighted by Crippen LogP contribution is 2.23. The lowest BCUT2D eigenvalue weighted by Crippen LogP contribution is -2.22. The molecule has 0 saturated heterocycles. The van der Waals surface area contributed by atoms with Gasteiger partial charge in [-0.3, -0.25) is 14.4 Å². The van der Waals surface area contributed by atoms with Gasteiger partial charge < -0.3 is 14.0 Å². The van der Waals surface area contributed by atoms with Crippen molar-refractivity contribution >= 4 is 39.2 Å². The van der Waals surface area contributed by atoms with Gasteiger partial charge in [0.1, 0.15) is 12.3 Å². The number of amides is 1. The molecule has 166 valence electrons. The summed E-state index contributed by atoms with van der Waals surface area (Å²) in [6.07, 6.45) is 0. The van der Waals surface area contributed by atoms with Crippen molar-refractivity contribution in [1.29, 1.82) is 0 Å². The molecule has 0 fully saturated rings. The van der Waals surface area contributed by atoms with Crippen LogP contribution in [-0.4, -0.2) is 36.4 Å². The third-order valence-electron chi connectivity index (χ3n) is 5.03. The van der Waals surface area contributed by atoms with E-state index in [9.17, 15) is 14.4 Å². The first-order chi connectivity index (χ1) is 16.0. The van der Waals surface area contributed by atoms with Crippen LogP contribution in [0, 0.1) is 0 Å². The third kappa shape index (κ3) is 4.75. The van der Waals surface area contributed by atoms with Crippen LogP contribution in [0.3, 0.4) is 0 Å². The summed E-state index contributed by atoms with van der Waals surface area (Å²) in [5.74, 6) is -0.402. The monoisotopic (exact) mass is 460 g/mol. The number of ketones is 1. The van der Waals surface area contributed by atoms with Crippen molar-refractivity contribution in [3.05, 3.63) is 94.3 Å². The molecule has 8 heteroatoms. The largest absolute Gasteiger partial charge is 0.497 e. The van der Waals surface area contributed by atoms with Crippen molar-refractivity contribution in [1.82, 2.24) is 4.57 Å². The molecule has 0 radical (unpaired) electrons. The van der Waals surface area contributed by atoms with Crippen molar-refractivity contribution < 1.29 is 23.9 Å². The molecule has 1 amide bonds. The molecule has 1 heterocycles. The number of hydrogen-bond acceptors (Lipinski definition) is 6. The number of hydrogen-bond donors (Lipinski definition) is 0. The summed E-state index contributed by atoms with van der Waals surface area (Å²) in [6, 6.07) is 20.7. The number of aromatic nitrogens is 1. The Hall–Kier alpha value is -4.04. The minimum Gasteiger partial charge on any atom is -0.497 e. The Kier molecular flexibility index (Phi) is 6.46. The molecule has 0 aliphatic heterocycles. The first-order valence-corrected chi connectivity index (χ1v) is 10.8. The molecule has 4 aromatic rings. The van der Waals surface area contributed by atoms with E-state index in [-0.39, 0.29) is 12.3 Å². The van der Waals surface area contributed by atoms with Gasteiger partial charge in [0.2, 0.25) is 0 Å². The van der Waals surface area contributed by atoms with E-state index in [2.05, 4.69) is 4.99 Å². The zero-order chi connectivity index (χ0) is 23.4. The number of rotatable bonds is 6. The van der Waals surface area contributed by atoms with E-state index in [0.717, 1.165) is 10.2 Å². The van der Waals surface area contributed by atoms with Crippen molar-refractivity contribution in [3.8, 4) is 5.75 Å². The third-order valence-corrected chi connectivity index (χ3v) is 6.07. The van der Waals surface area contributed by atoms with E-state index >= 15 is 0 Å². The first-order valence-electron chi connectivity index (χ1n) is 10.0. The standard InChI is InChI=1S/C25H20N2O5S/c1-31-19-12-13-20-21(14-19)33-25(27(20)15-22(28)32-2)26-24(30)18-10-8-17(9-11-18)23(29)16-6-4-3-5-7-16/h3-14H,15H2,1-2H3. The minimum absolute atomic E-state index is 0.0839. The van der Waals surface area contributed by atoms with E-state index in [0.29, 0.717) is 27.2 Å². The highest BCUT2D eigenvalue weighted by Gasteiger charge is 2.14. The fourth-order valence-electron chi connectivity index (χ4n) is 3.28. The predicted molar refractivity (Wildman–Crippen MR) is 125 cm³/mol. The van der Waals surface area contributed by atoms with Crippen LogP contribution in [0.25, 0.3) is 10.2 Å². The lowest BCUT2D eigenvalue weighted by Gasteiger charge is -2.05. The maximum Gasteiger partial charge on any atom is 0.325 e. The summed E-state index contributed by atoms with van der Waals surface area (Å²) >= 11 is 1.27. The molecule has 0 bridgehead atoms. The van der Waals surface area contributed by atoms with Crippen LogP contribution in [-0.2, 0) is 16.1 Å². The number of thiazole rings is 1. The van der Waals surface area contributed by atoms with E-state index in [1.165, 1.54) is 18.4 Å². The number of ether oxygens (including phenoxy) is 2. The number of carbonyl (C=O) groups excluding carboxylic acids is 3. The second kappa shape index (κ2) is 9.62. The van der Waals surface area contributed by atoms with Gasteiger partial charge in [-0.05, 0) is 30.3 Å². The maximum atomic E-state index is 12.9. The first kappa shape index (κ1) is 22.2. The molecule has 0 unspecified atom stereocenters. The van der Waals surface area contributed by atoms with Crippen LogP contribution in [0.2, 0.25) is 0 Å². The van der Waals surface area contributed by atoms with Crippen molar-refractivity contribution in [2.45, 2.75) is 6.54 Å². The van der Waals surface area contributed by atoms with Crippen molar-refractivity contribution in [3.63, 3.8) is 0 Å². The minimum atomic E-state index is -0.481. The van der Waals surface area contributed by atoms with Crippen LogP contribution in [0.4, 0.5) is 0 Å². The molecule has 0 atom stereocenters. The summed E-state index contributed by atoms with van der Waals surface area (Å²) in [6.45, 7) is -0.0839. The van der Waals surface area contributed by atoms with E-state index in [1.54, 1.807) is 72.3 Å². The lowest BCUT2D eigenvalue weighted by atomic mass is 10.0. The van der Waals surface area contributed by atoms with Crippen LogP contribution >= 0.6 is 11.3 Å². The van der Waals surface area contributed by atoms with Crippen LogP contribution in [0.5, 0.6) is 5.75 Å². The highest BCUT2D eigenvalue weighted by molar-refractivity contribution is 7.16. The second-order valence-corrected chi connectivity index (χ2v) is 8.08. The Morgan fingerprint density at radius 3 is 2.21 bits per heavy atom. The highest BCUT2D eigenvalue weighted by atomic mass is 32.1. The van der Waals surface area contributed by atoms with Gasteiger partial charge >= 0.3 is 5.97 Å². The van der Waals surface area contributed by atoms with E-state index in [4.69, 9.17) is 9.47 Å². The average Bonchev–Trinajstić information content (AvgIpc) is 3.19. The van der Waals surface area contributed by atoms with Crippen molar-refractivity contribution in [2.75, 3.05) is 14.2 Å². The Morgan fingerprint density at radius 1 is 0.879 bits per heavy atom. The summed E-state index contributed by atoms with van der Waals surface area (Å²) in [5, 5.41) is 0. The normalized spacial score (nSPS) is 11.4. The zero-order valence-corrected chi connectivity index (χ0v) is 18.8. The van der Waals surface area contributed by atoms with Gasteiger partial charge in [-0.25, -0.2) is 0 Å². The zero-order valence-electron chi connectivity index (χ0n) is 18.0. The number of esters is 1. The topological polar surface area (TPSA) is 87.0 Å². The van der Waals surface area contributed by atoms with Gasteiger partial charge in [-0.1, -0.05) is 53.8 Å². The molecule has 1 aromatic heterocycles. The Labute approximate surface area is 193 Å². The summed E-state index contributed by atoms with van der Waals surface area (Å²) in [7, 11) is 2.87. The van der Waals surface area contributed by atoms with E-state index < -0.39 is 11.9 Å². The van der Waals surface area contributed by atoms with Crippen LogP contribution in [0.1, 0.15) is 26.3 Å². The molecule has 7 nitrogen and oxygen atoms in total. The predicted octanol–water partition coefficient (Wildman–Crippen LogP) is 3.86. The number of carbonyl (C=O) groups is 3. The van der Waals surface area contributed by atoms with Gasteiger partial charge in [0.25, 0.3) is 5.91 Å². The van der Waals surface area contributed by atoms with Gasteiger partial charge in [0.15, 0.2) is 10.6 Å². The number of benzene rings is 3. The number of methoxy groups -OCH3 is 2. The lowest BCUT2D eigenvalue weighted by molar-refractivity contribution is -0.141. The Bertz CT molecular complexity index is 1400. The van der Waals surface area contributed by atoms with Gasteiger partial charge in [0.05, 0.1) is 24.4 Å². The number of fused-ring (bicyclic) bond motifs is 1. The molecule has 0 aliphatic rings. The summed E-state index contributed by atoms with van der Waals surface area (Å²) < 4.78 is 12.5. The molecular formula is C25H20N2O5S. The van der Waals surface area contributed by atoms with Crippen LogP contribution in [0.15, 0.2) is 77.8 Å². The molecule has 0 saturated carbocycles. The van der Waals surface area contributed by atoms with Crippen LogP contribution < -0.4 is 9.54 Å². The fourth-order valence-corrected chi connectivity index (χ4v) is 4.34. The van der Waals surface area contributed by atoms with Crippen molar-refractivity contribution in [2.24, 2.45) is 4.99 Å². The quantitative estimate of drug-likeness (QED) is 0.322. The van der Waals surface area contributed by atoms with Gasteiger partial charge in [0, 0.05) is 16.7 Å². The van der Waals surface area contributed by atoms with Gasteiger partial charge in [-0.15, -0.1) is 0 Å². The average molecular weight is 461 g/mol. The second-order valence-electron chi connectivity index (χ2n) is 7.07. The summed E-state index contributed by atoms with van der Waals surface area (Å²) in [5.41, 5.74) is 2.12. The SMILES string of the molecule is COC(=O)Cn1c(=NC(=O)c2ccc(C(=O)c3ccccc3)cc2)sc2cc(OC)ccc21. The molecule has 0 spiro atoms. The molecule has 3 aromatic carbocycles. The molecule has 0 N–H and O–H groups in total. The molecule has 33 heavy (non-hydrogen) atoms. The van der Waals surface area contributed by atoms with Gasteiger partial charge in [-0.2, -0.15) is 4.99 Å². The van der Waals surface area contributed by atoms with E-state index in [1.807, 2.05) is 12.1 Å².